The molecule has 0 radical (unpaired) electrons. The molecule has 1 aromatic carbocycles. The summed E-state index contributed by atoms with van der Waals surface area (Å²) in [6.45, 7) is 0. The minimum atomic E-state index is 0.862. The highest BCUT2D eigenvalue weighted by molar-refractivity contribution is 9.10. The van der Waals surface area contributed by atoms with E-state index >= 15 is 0 Å². The third-order valence-electron chi connectivity index (χ3n) is 3.47. The average molecular weight is 291 g/mol. The first-order chi connectivity index (χ1) is 8.33. The van der Waals surface area contributed by atoms with Crippen LogP contribution in [0.3, 0.4) is 0 Å². The van der Waals surface area contributed by atoms with E-state index in [-0.39, 0.29) is 0 Å². The van der Waals surface area contributed by atoms with Crippen molar-refractivity contribution < 1.29 is 0 Å². The topological polar surface area (TPSA) is 17.8 Å². The Bertz CT molecular complexity index is 500. The first kappa shape index (κ1) is 11.0. The van der Waals surface area contributed by atoms with E-state index in [1.54, 1.807) is 0 Å². The van der Waals surface area contributed by atoms with Gasteiger partial charge in [-0.3, -0.25) is 4.57 Å². The summed E-state index contributed by atoms with van der Waals surface area (Å²) in [5.41, 5.74) is 2.36. The van der Waals surface area contributed by atoms with Crippen molar-refractivity contribution in [2.75, 3.05) is 0 Å². The van der Waals surface area contributed by atoms with Crippen LogP contribution in [0.15, 0.2) is 41.3 Å². The Morgan fingerprint density at radius 1 is 1.24 bits per heavy atom. The van der Waals surface area contributed by atoms with Crippen molar-refractivity contribution in [3.63, 3.8) is 0 Å². The standard InChI is InChI=1S/C14H15BrN2/c15-14-16-12(9-11-5-4-6-11)10-17(14)13-7-2-1-3-8-13/h1-3,7-8,10-11H,4-6,9H2. The number of nitrogens with zero attached hydrogens (tertiary/aromatic N) is 2. The van der Waals surface area contributed by atoms with Crippen molar-refractivity contribution >= 4 is 15.9 Å². The number of benzene rings is 1. The smallest absolute Gasteiger partial charge is 0.181 e. The molecule has 2 aromatic rings. The summed E-state index contributed by atoms with van der Waals surface area (Å²) < 4.78 is 3.01. The molecule has 0 N–H and O–H groups in total. The molecular formula is C14H15BrN2. The zero-order valence-corrected chi connectivity index (χ0v) is 11.2. The van der Waals surface area contributed by atoms with E-state index in [0.29, 0.717) is 0 Å². The van der Waals surface area contributed by atoms with Gasteiger partial charge >= 0.3 is 0 Å². The molecule has 1 aromatic heterocycles. The van der Waals surface area contributed by atoms with Crippen LogP contribution in [0.5, 0.6) is 0 Å². The quantitative estimate of drug-likeness (QED) is 0.836. The average Bonchev–Trinajstić information content (AvgIpc) is 2.66. The molecule has 3 rings (SSSR count). The monoisotopic (exact) mass is 290 g/mol. The summed E-state index contributed by atoms with van der Waals surface area (Å²) >= 11 is 3.54. The van der Waals surface area contributed by atoms with Gasteiger partial charge < -0.3 is 0 Å². The lowest BCUT2D eigenvalue weighted by atomic mass is 9.82. The van der Waals surface area contributed by atoms with Gasteiger partial charge in [0.15, 0.2) is 4.73 Å². The van der Waals surface area contributed by atoms with Gasteiger partial charge in [-0.2, -0.15) is 0 Å². The van der Waals surface area contributed by atoms with Gasteiger partial charge in [-0.1, -0.05) is 37.5 Å². The summed E-state index contributed by atoms with van der Waals surface area (Å²) in [7, 11) is 0. The number of aromatic nitrogens is 2. The van der Waals surface area contributed by atoms with Gasteiger partial charge in [0.2, 0.25) is 0 Å². The van der Waals surface area contributed by atoms with Crippen LogP contribution in [0.25, 0.3) is 5.69 Å². The van der Waals surface area contributed by atoms with E-state index in [4.69, 9.17) is 0 Å². The van der Waals surface area contributed by atoms with Crippen molar-refractivity contribution in [1.29, 1.82) is 0 Å². The molecule has 1 saturated carbocycles. The molecule has 1 aliphatic rings. The highest BCUT2D eigenvalue weighted by Crippen LogP contribution is 2.30. The van der Waals surface area contributed by atoms with Gasteiger partial charge in [-0.15, -0.1) is 0 Å². The second-order valence-electron chi connectivity index (χ2n) is 4.71. The van der Waals surface area contributed by atoms with E-state index in [0.717, 1.165) is 22.8 Å². The van der Waals surface area contributed by atoms with Gasteiger partial charge in [0.05, 0.1) is 5.69 Å². The van der Waals surface area contributed by atoms with Gasteiger partial charge in [0.25, 0.3) is 0 Å². The van der Waals surface area contributed by atoms with E-state index < -0.39 is 0 Å². The molecule has 0 spiro atoms. The van der Waals surface area contributed by atoms with Crippen molar-refractivity contribution in [3.8, 4) is 5.69 Å². The second kappa shape index (κ2) is 4.65. The maximum Gasteiger partial charge on any atom is 0.181 e. The molecule has 2 nitrogen and oxygen atoms in total. The number of rotatable bonds is 3. The van der Waals surface area contributed by atoms with E-state index in [9.17, 15) is 0 Å². The highest BCUT2D eigenvalue weighted by atomic mass is 79.9. The molecule has 0 atom stereocenters. The van der Waals surface area contributed by atoms with Crippen LogP contribution >= 0.6 is 15.9 Å². The Balaban J connectivity index is 1.85. The lowest BCUT2D eigenvalue weighted by molar-refractivity contribution is 0.312. The van der Waals surface area contributed by atoms with Crippen LogP contribution in [0, 0.1) is 5.92 Å². The van der Waals surface area contributed by atoms with Crippen molar-refractivity contribution in [2.24, 2.45) is 5.92 Å². The lowest BCUT2D eigenvalue weighted by Gasteiger charge is -2.24. The number of para-hydroxylation sites is 1. The SMILES string of the molecule is Brc1nc(CC2CCC2)cn1-c1ccccc1. The maximum atomic E-state index is 4.59. The Kier molecular flexibility index (Phi) is 3.02. The zero-order valence-electron chi connectivity index (χ0n) is 9.64. The molecule has 0 bridgehead atoms. The molecule has 88 valence electrons. The number of halogens is 1. The number of imidazole rings is 1. The van der Waals surface area contributed by atoms with Crippen LogP contribution in [0.1, 0.15) is 25.0 Å². The fourth-order valence-corrected chi connectivity index (χ4v) is 2.80. The van der Waals surface area contributed by atoms with Crippen molar-refractivity contribution in [2.45, 2.75) is 25.7 Å². The largest absolute Gasteiger partial charge is 0.294 e. The highest BCUT2D eigenvalue weighted by Gasteiger charge is 2.19. The van der Waals surface area contributed by atoms with Crippen molar-refractivity contribution in [1.82, 2.24) is 9.55 Å². The fourth-order valence-electron chi connectivity index (χ4n) is 2.26. The first-order valence-electron chi connectivity index (χ1n) is 6.12. The van der Waals surface area contributed by atoms with Crippen LogP contribution in [-0.2, 0) is 6.42 Å². The lowest BCUT2D eigenvalue weighted by Crippen LogP contribution is -2.13. The van der Waals surface area contributed by atoms with Gasteiger partial charge in [-0.25, -0.2) is 4.98 Å². The zero-order chi connectivity index (χ0) is 11.7. The molecule has 0 saturated heterocycles. The summed E-state index contributed by atoms with van der Waals surface area (Å²) in [6, 6.07) is 10.3. The fraction of sp³-hybridized carbons (Fsp3) is 0.357. The molecule has 17 heavy (non-hydrogen) atoms. The first-order valence-corrected chi connectivity index (χ1v) is 6.91. The van der Waals surface area contributed by atoms with E-state index in [1.807, 2.05) is 18.2 Å². The van der Waals surface area contributed by atoms with Crippen LogP contribution in [0.4, 0.5) is 0 Å². The van der Waals surface area contributed by atoms with Crippen LogP contribution in [-0.4, -0.2) is 9.55 Å². The predicted octanol–water partition coefficient (Wildman–Crippen LogP) is 3.98. The Morgan fingerprint density at radius 2 is 2.00 bits per heavy atom. The Labute approximate surface area is 110 Å². The molecule has 1 aliphatic carbocycles. The van der Waals surface area contributed by atoms with Gasteiger partial charge in [-0.05, 0) is 40.4 Å². The molecular weight excluding hydrogens is 276 g/mol. The summed E-state index contributed by atoms with van der Waals surface area (Å²) in [5.74, 6) is 0.862. The van der Waals surface area contributed by atoms with E-state index in [2.05, 4.69) is 43.8 Å². The molecule has 1 fully saturated rings. The normalized spacial score (nSPS) is 15.8. The minimum Gasteiger partial charge on any atom is -0.294 e. The second-order valence-corrected chi connectivity index (χ2v) is 5.42. The third kappa shape index (κ3) is 2.29. The van der Waals surface area contributed by atoms with Gasteiger partial charge in [0, 0.05) is 11.9 Å². The number of hydrogen-bond acceptors (Lipinski definition) is 1. The third-order valence-corrected chi connectivity index (χ3v) is 4.03. The number of hydrogen-bond donors (Lipinski definition) is 0. The molecule has 1 heterocycles. The molecule has 0 amide bonds. The van der Waals surface area contributed by atoms with Crippen LogP contribution in [0.2, 0.25) is 0 Å². The molecule has 0 unspecified atom stereocenters. The van der Waals surface area contributed by atoms with Crippen molar-refractivity contribution in [3.05, 3.63) is 47.0 Å². The van der Waals surface area contributed by atoms with E-state index in [1.165, 1.54) is 25.0 Å². The summed E-state index contributed by atoms with van der Waals surface area (Å²) in [4.78, 5) is 4.59. The minimum absolute atomic E-state index is 0.862. The molecule has 0 aliphatic heterocycles. The maximum absolute atomic E-state index is 4.59. The Hall–Kier alpha value is -1.09. The molecule has 3 heteroatoms. The summed E-state index contributed by atoms with van der Waals surface area (Å²) in [6.07, 6.45) is 7.41. The van der Waals surface area contributed by atoms with Crippen LogP contribution < -0.4 is 0 Å². The Morgan fingerprint density at radius 3 is 2.65 bits per heavy atom. The van der Waals surface area contributed by atoms with Gasteiger partial charge in [0.1, 0.15) is 0 Å². The summed E-state index contributed by atoms with van der Waals surface area (Å²) in [5, 5.41) is 0. The predicted molar refractivity (Wildman–Crippen MR) is 72.3 cm³/mol.